The van der Waals surface area contributed by atoms with Crippen LogP contribution in [0.1, 0.15) is 0 Å². The molecule has 0 amide bonds. The van der Waals surface area contributed by atoms with Crippen molar-refractivity contribution in [2.45, 2.75) is 0 Å². The highest BCUT2D eigenvalue weighted by atomic mass is 16.6. The average molecular weight is 275 g/mol. The first kappa shape index (κ1) is 13.3. The Hall–Kier alpha value is -3.16. The Kier molecular flexibility index (Phi) is 3.47. The maximum absolute atomic E-state index is 10.6. The van der Waals surface area contributed by atoms with E-state index in [0.29, 0.717) is 0 Å². The van der Waals surface area contributed by atoms with Gasteiger partial charge in [-0.15, -0.1) is 10.2 Å². The molecule has 0 atom stereocenters. The van der Waals surface area contributed by atoms with Crippen molar-refractivity contribution in [3.05, 3.63) is 46.5 Å². The number of nitro groups is 1. The fourth-order valence-corrected chi connectivity index (χ4v) is 1.43. The molecule has 0 bridgehead atoms. The van der Waals surface area contributed by atoms with Crippen LogP contribution in [-0.2, 0) is 0 Å². The minimum Gasteiger partial charge on any atom is -0.506 e. The second-order valence-corrected chi connectivity index (χ2v) is 3.77. The Morgan fingerprint density at radius 1 is 0.950 bits per heavy atom. The zero-order valence-electron chi connectivity index (χ0n) is 9.96. The molecule has 0 fully saturated rings. The molecule has 0 radical (unpaired) electrons. The van der Waals surface area contributed by atoms with Gasteiger partial charge in [0.25, 0.3) is 5.69 Å². The van der Waals surface area contributed by atoms with Crippen molar-refractivity contribution in [2.75, 3.05) is 0 Å². The second-order valence-electron chi connectivity index (χ2n) is 3.77. The van der Waals surface area contributed by atoms with Crippen molar-refractivity contribution in [1.29, 1.82) is 0 Å². The van der Waals surface area contributed by atoms with Crippen LogP contribution in [0.5, 0.6) is 17.2 Å². The van der Waals surface area contributed by atoms with Gasteiger partial charge in [-0.25, -0.2) is 0 Å². The van der Waals surface area contributed by atoms with Crippen LogP contribution in [0.25, 0.3) is 0 Å². The lowest BCUT2D eigenvalue weighted by molar-refractivity contribution is -0.384. The fraction of sp³-hybridized carbons (Fsp3) is 0. The Morgan fingerprint density at radius 3 is 2.20 bits per heavy atom. The molecule has 0 aliphatic carbocycles. The molecule has 0 unspecified atom stereocenters. The molecule has 0 aromatic heterocycles. The third kappa shape index (κ3) is 2.64. The van der Waals surface area contributed by atoms with Crippen LogP contribution >= 0.6 is 0 Å². The molecule has 3 N–H and O–H groups in total. The first-order valence-electron chi connectivity index (χ1n) is 5.39. The van der Waals surface area contributed by atoms with Gasteiger partial charge in [0.1, 0.15) is 22.9 Å². The summed E-state index contributed by atoms with van der Waals surface area (Å²) in [6.07, 6.45) is 0. The van der Waals surface area contributed by atoms with Gasteiger partial charge >= 0.3 is 0 Å². The predicted molar refractivity (Wildman–Crippen MR) is 68.7 cm³/mol. The number of aromatic hydroxyl groups is 3. The summed E-state index contributed by atoms with van der Waals surface area (Å²) < 4.78 is 0. The Morgan fingerprint density at radius 2 is 1.60 bits per heavy atom. The van der Waals surface area contributed by atoms with E-state index in [0.717, 1.165) is 18.2 Å². The van der Waals surface area contributed by atoms with E-state index in [2.05, 4.69) is 10.2 Å². The quantitative estimate of drug-likeness (QED) is 0.450. The van der Waals surface area contributed by atoms with Crippen LogP contribution in [-0.4, -0.2) is 20.2 Å². The molecule has 2 aromatic rings. The van der Waals surface area contributed by atoms with Gasteiger partial charge in [0.15, 0.2) is 5.69 Å². The molecule has 0 aliphatic rings. The van der Waals surface area contributed by atoms with Gasteiger partial charge in [0.2, 0.25) is 0 Å². The Bertz CT molecular complexity index is 679. The van der Waals surface area contributed by atoms with E-state index in [4.69, 9.17) is 0 Å². The number of benzene rings is 2. The summed E-state index contributed by atoms with van der Waals surface area (Å²) in [5.74, 6) is -0.924. The lowest BCUT2D eigenvalue weighted by atomic mass is 10.2. The Labute approximate surface area is 112 Å². The third-order valence-electron chi connectivity index (χ3n) is 2.42. The maximum atomic E-state index is 10.6. The van der Waals surface area contributed by atoms with Gasteiger partial charge in [-0.1, -0.05) is 6.07 Å². The largest absolute Gasteiger partial charge is 0.506 e. The number of hydrogen-bond donors (Lipinski definition) is 3. The van der Waals surface area contributed by atoms with Crippen LogP contribution < -0.4 is 0 Å². The number of rotatable bonds is 3. The van der Waals surface area contributed by atoms with Gasteiger partial charge in [0, 0.05) is 12.1 Å². The van der Waals surface area contributed by atoms with Crippen molar-refractivity contribution in [3.63, 3.8) is 0 Å². The van der Waals surface area contributed by atoms with E-state index < -0.39 is 4.92 Å². The lowest BCUT2D eigenvalue weighted by Crippen LogP contribution is -1.86. The predicted octanol–water partition coefficient (Wildman–Crippen LogP) is 3.13. The maximum Gasteiger partial charge on any atom is 0.271 e. The van der Waals surface area contributed by atoms with Crippen LogP contribution in [0.2, 0.25) is 0 Å². The summed E-state index contributed by atoms with van der Waals surface area (Å²) in [4.78, 5) is 9.98. The minimum atomic E-state index is -0.643. The lowest BCUT2D eigenvalue weighted by Gasteiger charge is -2.01. The first-order chi connectivity index (χ1) is 9.49. The summed E-state index contributed by atoms with van der Waals surface area (Å²) in [6, 6.07) is 7.25. The van der Waals surface area contributed by atoms with Gasteiger partial charge < -0.3 is 15.3 Å². The van der Waals surface area contributed by atoms with Crippen molar-refractivity contribution >= 4 is 17.1 Å². The molecule has 8 heteroatoms. The number of phenols is 3. The smallest absolute Gasteiger partial charge is 0.271 e. The second kappa shape index (κ2) is 5.22. The number of nitrogens with zero attached hydrogens (tertiary/aromatic N) is 3. The summed E-state index contributed by atoms with van der Waals surface area (Å²) in [7, 11) is 0. The average Bonchev–Trinajstić information content (AvgIpc) is 2.39. The van der Waals surface area contributed by atoms with Gasteiger partial charge in [-0.3, -0.25) is 10.1 Å². The number of non-ortho nitro benzene ring substituents is 1. The standard InChI is InChI=1S/C12H9N3O5/c16-9-5-4-7(15(19)20)6-8(9)13-14-12-10(17)2-1-3-11(12)18/h1-6,16-18H. The summed E-state index contributed by atoms with van der Waals surface area (Å²) in [5, 5.41) is 46.3. The summed E-state index contributed by atoms with van der Waals surface area (Å²) in [6.45, 7) is 0. The molecule has 2 rings (SSSR count). The molecule has 102 valence electrons. The van der Waals surface area contributed by atoms with E-state index in [1.807, 2.05) is 0 Å². The van der Waals surface area contributed by atoms with E-state index in [-0.39, 0.29) is 34.3 Å². The molecule has 0 aliphatic heterocycles. The van der Waals surface area contributed by atoms with Crippen molar-refractivity contribution in [2.24, 2.45) is 10.2 Å². The van der Waals surface area contributed by atoms with E-state index in [1.165, 1.54) is 18.2 Å². The highest BCUT2D eigenvalue weighted by Crippen LogP contribution is 2.38. The molecule has 0 saturated carbocycles. The summed E-state index contributed by atoms with van der Waals surface area (Å²) in [5.41, 5.74) is -0.612. The van der Waals surface area contributed by atoms with E-state index in [9.17, 15) is 25.4 Å². The summed E-state index contributed by atoms with van der Waals surface area (Å²) >= 11 is 0. The fourth-order valence-electron chi connectivity index (χ4n) is 1.43. The molecule has 8 nitrogen and oxygen atoms in total. The van der Waals surface area contributed by atoms with Gasteiger partial charge in [-0.2, -0.15) is 0 Å². The number of azo groups is 1. The van der Waals surface area contributed by atoms with Crippen LogP contribution in [0.4, 0.5) is 17.1 Å². The zero-order chi connectivity index (χ0) is 14.7. The number of hydrogen-bond acceptors (Lipinski definition) is 7. The number of phenolic OH excluding ortho intramolecular Hbond substituents is 3. The molecule has 0 heterocycles. The SMILES string of the molecule is O=[N+]([O-])c1ccc(O)c(N=Nc2c(O)cccc2O)c1. The molecule has 0 saturated heterocycles. The molecule has 2 aromatic carbocycles. The molecule has 0 spiro atoms. The Balaban J connectivity index is 2.41. The van der Waals surface area contributed by atoms with E-state index in [1.54, 1.807) is 0 Å². The molecular formula is C12H9N3O5. The topological polar surface area (TPSA) is 129 Å². The van der Waals surface area contributed by atoms with Crippen molar-refractivity contribution < 1.29 is 20.2 Å². The minimum absolute atomic E-state index is 0.151. The zero-order valence-corrected chi connectivity index (χ0v) is 9.96. The molecule has 20 heavy (non-hydrogen) atoms. The van der Waals surface area contributed by atoms with Crippen molar-refractivity contribution in [1.82, 2.24) is 0 Å². The van der Waals surface area contributed by atoms with Gasteiger partial charge in [-0.05, 0) is 18.2 Å². The highest BCUT2D eigenvalue weighted by Gasteiger charge is 2.11. The normalized spacial score (nSPS) is 10.8. The third-order valence-corrected chi connectivity index (χ3v) is 2.42. The van der Waals surface area contributed by atoms with Crippen LogP contribution in [0.3, 0.4) is 0 Å². The monoisotopic (exact) mass is 275 g/mol. The van der Waals surface area contributed by atoms with Crippen LogP contribution in [0, 0.1) is 10.1 Å². The van der Waals surface area contributed by atoms with Crippen LogP contribution in [0.15, 0.2) is 46.6 Å². The molecular weight excluding hydrogens is 266 g/mol. The first-order valence-corrected chi connectivity index (χ1v) is 5.39. The highest BCUT2D eigenvalue weighted by molar-refractivity contribution is 5.61. The van der Waals surface area contributed by atoms with Crippen molar-refractivity contribution in [3.8, 4) is 17.2 Å². The van der Waals surface area contributed by atoms with E-state index >= 15 is 0 Å². The van der Waals surface area contributed by atoms with Gasteiger partial charge in [0.05, 0.1) is 4.92 Å². The number of nitro benzene ring substituents is 1.